The van der Waals surface area contributed by atoms with Gasteiger partial charge in [-0.3, -0.25) is 9.59 Å². The van der Waals surface area contributed by atoms with Gasteiger partial charge in [0.1, 0.15) is 16.3 Å². The van der Waals surface area contributed by atoms with Gasteiger partial charge in [-0.25, -0.2) is 13.1 Å². The van der Waals surface area contributed by atoms with Crippen molar-refractivity contribution < 1.29 is 18.3 Å². The fourth-order valence-electron chi connectivity index (χ4n) is 3.72. The molecule has 1 unspecified atom stereocenters. The molecule has 1 aliphatic heterocycles. The van der Waals surface area contributed by atoms with Crippen LogP contribution in [0.2, 0.25) is 5.02 Å². The van der Waals surface area contributed by atoms with E-state index in [4.69, 9.17) is 16.3 Å². The second-order valence-electron chi connectivity index (χ2n) is 7.53. The van der Waals surface area contributed by atoms with Crippen molar-refractivity contribution in [2.24, 2.45) is 0 Å². The van der Waals surface area contributed by atoms with Crippen LogP contribution in [0.1, 0.15) is 40.0 Å². The molecule has 4 N–H and O–H groups in total. The van der Waals surface area contributed by atoms with E-state index in [9.17, 15) is 23.1 Å². The molecule has 170 valence electrons. The average Bonchev–Trinajstić information content (AvgIpc) is 3.14. The van der Waals surface area contributed by atoms with E-state index in [1.165, 1.54) is 12.1 Å². The Morgan fingerprint density at radius 1 is 1.19 bits per heavy atom. The molecule has 0 radical (unpaired) electrons. The van der Waals surface area contributed by atoms with Crippen LogP contribution in [0.15, 0.2) is 26.6 Å². The number of nitrogens with one attached hydrogen (secondary N) is 3. The Kier molecular flexibility index (Phi) is 6.95. The second kappa shape index (κ2) is 9.15. The Balaban J connectivity index is 1.91. The van der Waals surface area contributed by atoms with Crippen molar-refractivity contribution in [2.45, 2.75) is 63.2 Å². The molecule has 0 saturated carbocycles. The van der Waals surface area contributed by atoms with E-state index in [0.717, 1.165) is 12.8 Å². The van der Waals surface area contributed by atoms with Gasteiger partial charge in [-0.1, -0.05) is 25.4 Å². The lowest BCUT2D eigenvalue weighted by Gasteiger charge is -2.26. The molecule has 2 aromatic rings. The summed E-state index contributed by atoms with van der Waals surface area (Å²) in [4.78, 5) is 23.9. The number of anilines is 3. The molecule has 1 saturated heterocycles. The van der Waals surface area contributed by atoms with Crippen LogP contribution in [0, 0.1) is 0 Å². The van der Waals surface area contributed by atoms with Crippen LogP contribution in [-0.4, -0.2) is 38.3 Å². The van der Waals surface area contributed by atoms with Crippen molar-refractivity contribution in [1.82, 2.24) is 4.72 Å². The molecule has 9 nitrogen and oxygen atoms in total. The molecule has 0 aliphatic carbocycles. The fraction of sp³-hybridized carbons (Fsp3) is 0.500. The molecule has 31 heavy (non-hydrogen) atoms. The first-order valence-electron chi connectivity index (χ1n) is 10.1. The summed E-state index contributed by atoms with van der Waals surface area (Å²) in [6.07, 6.45) is 2.48. The Hall–Kier alpha value is -2.14. The number of hydrogen-bond acceptors (Lipinski definition) is 8. The van der Waals surface area contributed by atoms with Crippen molar-refractivity contribution in [3.63, 3.8) is 0 Å². The quantitative estimate of drug-likeness (QED) is 0.323. The van der Waals surface area contributed by atoms with Gasteiger partial charge in [0.25, 0.3) is 10.9 Å². The van der Waals surface area contributed by atoms with Crippen LogP contribution in [0.5, 0.6) is 5.75 Å². The minimum atomic E-state index is -4.07. The zero-order valence-electron chi connectivity index (χ0n) is 17.5. The molecule has 1 heterocycles. The number of sulfonamides is 1. The number of phenolic OH excluding ortho intramolecular Hbond substituents is 1. The van der Waals surface area contributed by atoms with Gasteiger partial charge in [0.2, 0.25) is 10.0 Å². The monoisotopic (exact) mass is 471 g/mol. The summed E-state index contributed by atoms with van der Waals surface area (Å²) in [6.45, 7) is 5.62. The summed E-state index contributed by atoms with van der Waals surface area (Å²) in [7, 11) is -4.07. The third kappa shape index (κ3) is 4.57. The van der Waals surface area contributed by atoms with Crippen molar-refractivity contribution in [3.8, 4) is 5.75 Å². The fourth-order valence-corrected chi connectivity index (χ4v) is 5.39. The second-order valence-corrected chi connectivity index (χ2v) is 9.64. The largest absolute Gasteiger partial charge is 0.504 e. The zero-order chi connectivity index (χ0) is 22.9. The highest BCUT2D eigenvalue weighted by atomic mass is 35.5. The van der Waals surface area contributed by atoms with Crippen LogP contribution in [-0.2, 0) is 14.8 Å². The van der Waals surface area contributed by atoms with E-state index in [1.807, 2.05) is 13.8 Å². The Bertz CT molecular complexity index is 1140. The first kappa shape index (κ1) is 23.5. The predicted molar refractivity (Wildman–Crippen MR) is 120 cm³/mol. The highest BCUT2D eigenvalue weighted by Crippen LogP contribution is 2.38. The van der Waals surface area contributed by atoms with Crippen LogP contribution in [0.4, 0.5) is 17.1 Å². The topological polar surface area (TPSA) is 134 Å². The van der Waals surface area contributed by atoms with Gasteiger partial charge in [-0.15, -0.1) is 0 Å². The van der Waals surface area contributed by atoms with Crippen molar-refractivity contribution >= 4 is 38.7 Å². The summed E-state index contributed by atoms with van der Waals surface area (Å²) in [5.74, 6) is -0.646. The maximum Gasteiger partial charge on any atom is 0.253 e. The number of rotatable bonds is 9. The first-order chi connectivity index (χ1) is 14.6. The Morgan fingerprint density at radius 2 is 1.87 bits per heavy atom. The number of benzene rings is 1. The van der Waals surface area contributed by atoms with Gasteiger partial charge in [-0.05, 0) is 38.3 Å². The number of aromatic hydroxyl groups is 1. The molecular weight excluding hydrogens is 446 g/mol. The van der Waals surface area contributed by atoms with Gasteiger partial charge in [-0.2, -0.15) is 0 Å². The highest BCUT2D eigenvalue weighted by molar-refractivity contribution is 7.89. The van der Waals surface area contributed by atoms with Crippen LogP contribution in [0.3, 0.4) is 0 Å². The van der Waals surface area contributed by atoms with Gasteiger partial charge in [0, 0.05) is 6.54 Å². The smallest absolute Gasteiger partial charge is 0.253 e. The van der Waals surface area contributed by atoms with Crippen molar-refractivity contribution in [1.29, 1.82) is 0 Å². The van der Waals surface area contributed by atoms with Crippen LogP contribution in [0.25, 0.3) is 0 Å². The molecule has 0 bridgehead atoms. The lowest BCUT2D eigenvalue weighted by atomic mass is 10.0. The minimum Gasteiger partial charge on any atom is -0.504 e. The van der Waals surface area contributed by atoms with Crippen LogP contribution < -0.4 is 26.2 Å². The summed E-state index contributed by atoms with van der Waals surface area (Å²) < 4.78 is 32.9. The normalized spacial score (nSPS) is 20.1. The van der Waals surface area contributed by atoms with E-state index < -0.39 is 31.5 Å². The third-order valence-corrected chi connectivity index (χ3v) is 7.39. The minimum absolute atomic E-state index is 0.0427. The van der Waals surface area contributed by atoms with Gasteiger partial charge in [0.15, 0.2) is 5.75 Å². The summed E-state index contributed by atoms with van der Waals surface area (Å²) in [5, 5.41) is 16.2. The maximum atomic E-state index is 12.4. The van der Waals surface area contributed by atoms with E-state index in [0.29, 0.717) is 6.42 Å². The Morgan fingerprint density at radius 3 is 2.45 bits per heavy atom. The van der Waals surface area contributed by atoms with Gasteiger partial charge >= 0.3 is 0 Å². The van der Waals surface area contributed by atoms with Gasteiger partial charge < -0.3 is 20.5 Å². The molecule has 2 aromatic carbocycles. The molecule has 1 aliphatic rings. The maximum absolute atomic E-state index is 12.4. The molecule has 0 spiro atoms. The predicted octanol–water partition coefficient (Wildman–Crippen LogP) is 2.44. The number of hydrogen-bond donors (Lipinski definition) is 4. The Labute approximate surface area is 185 Å². The number of phenols is 1. The summed E-state index contributed by atoms with van der Waals surface area (Å²) in [5.41, 5.74) is -1.45. The summed E-state index contributed by atoms with van der Waals surface area (Å²) in [6, 6.07) is 2.45. The standard InChI is InChI=1S/C20H26ClN3O6S/c1-4-12(14-9-6-10(3)30-14)23-15-16(19(27)18(15)26)24-13-8-7-11(21)20(17(13)25)31(28,29)22-5-2/h7-8,10,12,14,22-25H,4-6,9H2,1-3H3/t10?,12-,14-/m1/s1. The van der Waals surface area contributed by atoms with E-state index in [-0.39, 0.29) is 46.9 Å². The number of ether oxygens (including phenoxy) is 1. The lowest BCUT2D eigenvalue weighted by Crippen LogP contribution is -2.42. The summed E-state index contributed by atoms with van der Waals surface area (Å²) >= 11 is 5.99. The molecule has 1 fully saturated rings. The van der Waals surface area contributed by atoms with Gasteiger partial charge in [0.05, 0.1) is 29.0 Å². The average molecular weight is 472 g/mol. The van der Waals surface area contributed by atoms with Crippen molar-refractivity contribution in [3.05, 3.63) is 37.6 Å². The molecule has 11 heteroatoms. The first-order valence-corrected chi connectivity index (χ1v) is 12.0. The van der Waals surface area contributed by atoms with E-state index >= 15 is 0 Å². The SMILES string of the molecule is CCNS(=O)(=O)c1c(Cl)ccc(Nc2c(N[C@H](CC)[C@H]3CCC(C)O3)c(=O)c2=O)c1O. The van der Waals surface area contributed by atoms with E-state index in [1.54, 1.807) is 6.92 Å². The van der Waals surface area contributed by atoms with Crippen molar-refractivity contribution in [2.75, 3.05) is 17.2 Å². The number of halogens is 1. The molecule has 3 atom stereocenters. The lowest BCUT2D eigenvalue weighted by molar-refractivity contribution is 0.0438. The van der Waals surface area contributed by atoms with Crippen LogP contribution >= 0.6 is 11.6 Å². The van der Waals surface area contributed by atoms with E-state index in [2.05, 4.69) is 15.4 Å². The third-order valence-electron chi connectivity index (χ3n) is 5.34. The highest BCUT2D eigenvalue weighted by Gasteiger charge is 2.32. The molecule has 3 rings (SSSR count). The molecule has 0 aromatic heterocycles. The zero-order valence-corrected chi connectivity index (χ0v) is 19.1. The molecule has 0 amide bonds. The molecular formula is C20H26ClN3O6S.